The van der Waals surface area contributed by atoms with Crippen LogP contribution in [-0.4, -0.2) is 26.7 Å². The standard InChI is InChI=1S/C13H20O4S/c1-2-12-6-8-13(9-7-12)18(15,16)17-11-5-3-4-10-14/h6-9,14H,2-5,10-11H2,1H3. The summed E-state index contributed by atoms with van der Waals surface area (Å²) in [6.07, 6.45) is 2.95. The predicted octanol–water partition coefficient (Wildman–Crippen LogP) is 2.12. The van der Waals surface area contributed by atoms with E-state index in [9.17, 15) is 8.42 Å². The van der Waals surface area contributed by atoms with Crippen molar-refractivity contribution in [3.8, 4) is 0 Å². The van der Waals surface area contributed by atoms with Gasteiger partial charge in [0.2, 0.25) is 0 Å². The lowest BCUT2D eigenvalue weighted by Gasteiger charge is -2.06. The quantitative estimate of drug-likeness (QED) is 0.581. The zero-order chi connectivity index (χ0) is 13.4. The van der Waals surface area contributed by atoms with E-state index in [2.05, 4.69) is 0 Å². The van der Waals surface area contributed by atoms with E-state index in [-0.39, 0.29) is 18.1 Å². The third kappa shape index (κ3) is 4.76. The molecular weight excluding hydrogens is 252 g/mol. The summed E-state index contributed by atoms with van der Waals surface area (Å²) in [5, 5.41) is 8.59. The van der Waals surface area contributed by atoms with Crippen LogP contribution in [0.15, 0.2) is 29.2 Å². The molecule has 102 valence electrons. The van der Waals surface area contributed by atoms with Crippen LogP contribution < -0.4 is 0 Å². The number of hydrogen-bond acceptors (Lipinski definition) is 4. The Hall–Kier alpha value is -0.910. The summed E-state index contributed by atoms with van der Waals surface area (Å²) < 4.78 is 28.5. The highest BCUT2D eigenvalue weighted by atomic mass is 32.2. The van der Waals surface area contributed by atoms with Gasteiger partial charge in [-0.05, 0) is 43.4 Å². The van der Waals surface area contributed by atoms with Gasteiger partial charge in [-0.2, -0.15) is 8.42 Å². The normalized spacial score (nSPS) is 11.7. The second-order valence-electron chi connectivity index (χ2n) is 4.06. The fourth-order valence-corrected chi connectivity index (χ4v) is 2.46. The van der Waals surface area contributed by atoms with Gasteiger partial charge in [-0.15, -0.1) is 0 Å². The molecule has 0 radical (unpaired) electrons. The molecule has 0 aliphatic heterocycles. The van der Waals surface area contributed by atoms with E-state index in [4.69, 9.17) is 9.29 Å². The molecule has 18 heavy (non-hydrogen) atoms. The molecule has 0 saturated heterocycles. The van der Waals surface area contributed by atoms with E-state index in [0.717, 1.165) is 18.4 Å². The minimum absolute atomic E-state index is 0.130. The Morgan fingerprint density at radius 1 is 1.11 bits per heavy atom. The Balaban J connectivity index is 2.51. The first kappa shape index (κ1) is 15.1. The van der Waals surface area contributed by atoms with E-state index in [1.54, 1.807) is 24.3 Å². The van der Waals surface area contributed by atoms with Crippen LogP contribution in [0.2, 0.25) is 0 Å². The first-order valence-electron chi connectivity index (χ1n) is 6.19. The topological polar surface area (TPSA) is 63.6 Å². The molecule has 0 unspecified atom stereocenters. The van der Waals surface area contributed by atoms with Crippen molar-refractivity contribution in [3.05, 3.63) is 29.8 Å². The Bertz CT molecular complexity index is 437. The number of hydrogen-bond donors (Lipinski definition) is 1. The molecule has 1 N–H and O–H groups in total. The summed E-state index contributed by atoms with van der Waals surface area (Å²) in [5.74, 6) is 0. The molecule has 0 amide bonds. The number of aryl methyl sites for hydroxylation is 1. The molecule has 0 spiro atoms. The van der Waals surface area contributed by atoms with Gasteiger partial charge in [0, 0.05) is 6.61 Å². The molecule has 5 heteroatoms. The number of rotatable bonds is 8. The first-order chi connectivity index (χ1) is 8.60. The fourth-order valence-electron chi connectivity index (χ4n) is 1.52. The number of benzene rings is 1. The van der Waals surface area contributed by atoms with Crippen LogP contribution in [0.1, 0.15) is 31.7 Å². The molecule has 0 saturated carbocycles. The molecule has 0 atom stereocenters. The largest absolute Gasteiger partial charge is 0.396 e. The molecular formula is C13H20O4S. The van der Waals surface area contributed by atoms with Crippen LogP contribution in [0.4, 0.5) is 0 Å². The summed E-state index contributed by atoms with van der Waals surface area (Å²) in [4.78, 5) is 0.196. The Morgan fingerprint density at radius 2 is 1.78 bits per heavy atom. The molecule has 0 aromatic heterocycles. The van der Waals surface area contributed by atoms with Crippen molar-refractivity contribution >= 4 is 10.1 Å². The summed E-state index contributed by atoms with van der Waals surface area (Å²) in [5.41, 5.74) is 1.09. The van der Waals surface area contributed by atoms with Crippen molar-refractivity contribution in [2.24, 2.45) is 0 Å². The first-order valence-corrected chi connectivity index (χ1v) is 7.60. The van der Waals surface area contributed by atoms with Crippen molar-refractivity contribution < 1.29 is 17.7 Å². The minimum atomic E-state index is -3.63. The summed E-state index contributed by atoms with van der Waals surface area (Å²) >= 11 is 0. The fraction of sp³-hybridized carbons (Fsp3) is 0.538. The Labute approximate surface area is 109 Å². The van der Waals surface area contributed by atoms with Gasteiger partial charge in [0.1, 0.15) is 0 Å². The van der Waals surface area contributed by atoms with Crippen molar-refractivity contribution in [2.45, 2.75) is 37.5 Å². The van der Waals surface area contributed by atoms with Crippen molar-refractivity contribution in [3.63, 3.8) is 0 Å². The molecule has 0 heterocycles. The third-order valence-electron chi connectivity index (χ3n) is 2.66. The molecule has 1 aromatic rings. The Kier molecular flexibility index (Phi) is 6.32. The van der Waals surface area contributed by atoms with Gasteiger partial charge < -0.3 is 5.11 Å². The van der Waals surface area contributed by atoms with Crippen molar-refractivity contribution in [2.75, 3.05) is 13.2 Å². The van der Waals surface area contributed by atoms with Crippen LogP contribution in [0.5, 0.6) is 0 Å². The maximum Gasteiger partial charge on any atom is 0.296 e. The average Bonchev–Trinajstić information content (AvgIpc) is 2.38. The highest BCUT2D eigenvalue weighted by Gasteiger charge is 2.14. The van der Waals surface area contributed by atoms with Crippen LogP contribution in [0.3, 0.4) is 0 Å². The third-order valence-corrected chi connectivity index (χ3v) is 3.99. The second-order valence-corrected chi connectivity index (χ2v) is 5.67. The van der Waals surface area contributed by atoms with Gasteiger partial charge in [-0.1, -0.05) is 19.1 Å². The molecule has 0 aliphatic rings. The molecule has 4 nitrogen and oxygen atoms in total. The average molecular weight is 272 g/mol. The van der Waals surface area contributed by atoms with E-state index >= 15 is 0 Å². The molecule has 0 aliphatic carbocycles. The summed E-state index contributed by atoms with van der Waals surface area (Å²) in [6, 6.07) is 6.73. The van der Waals surface area contributed by atoms with Crippen molar-refractivity contribution in [1.29, 1.82) is 0 Å². The maximum atomic E-state index is 11.8. The monoisotopic (exact) mass is 272 g/mol. The minimum Gasteiger partial charge on any atom is -0.396 e. The van der Waals surface area contributed by atoms with Gasteiger partial charge in [-0.25, -0.2) is 0 Å². The predicted molar refractivity (Wildman–Crippen MR) is 69.9 cm³/mol. The van der Waals surface area contributed by atoms with Gasteiger partial charge in [0.25, 0.3) is 10.1 Å². The van der Waals surface area contributed by atoms with Crippen LogP contribution in [0.25, 0.3) is 0 Å². The summed E-state index contributed by atoms with van der Waals surface area (Å²) in [6.45, 7) is 2.31. The summed E-state index contributed by atoms with van der Waals surface area (Å²) in [7, 11) is -3.63. The zero-order valence-corrected chi connectivity index (χ0v) is 11.4. The SMILES string of the molecule is CCc1ccc(S(=O)(=O)OCCCCCO)cc1. The van der Waals surface area contributed by atoms with E-state index in [0.29, 0.717) is 12.8 Å². The lowest BCUT2D eigenvalue weighted by molar-refractivity contribution is 0.268. The van der Waals surface area contributed by atoms with Gasteiger partial charge in [0.15, 0.2) is 0 Å². The van der Waals surface area contributed by atoms with Gasteiger partial charge in [-0.3, -0.25) is 4.18 Å². The molecule has 1 aromatic carbocycles. The molecule has 0 bridgehead atoms. The number of unbranched alkanes of at least 4 members (excludes halogenated alkanes) is 2. The van der Waals surface area contributed by atoms with Crippen molar-refractivity contribution in [1.82, 2.24) is 0 Å². The number of aliphatic hydroxyl groups excluding tert-OH is 1. The molecule has 0 fully saturated rings. The smallest absolute Gasteiger partial charge is 0.296 e. The number of aliphatic hydroxyl groups is 1. The highest BCUT2D eigenvalue weighted by Crippen LogP contribution is 2.14. The van der Waals surface area contributed by atoms with Crippen LogP contribution >= 0.6 is 0 Å². The highest BCUT2D eigenvalue weighted by molar-refractivity contribution is 7.86. The van der Waals surface area contributed by atoms with Gasteiger partial charge >= 0.3 is 0 Å². The van der Waals surface area contributed by atoms with Gasteiger partial charge in [0.05, 0.1) is 11.5 Å². The van der Waals surface area contributed by atoms with E-state index in [1.165, 1.54) is 0 Å². The van der Waals surface area contributed by atoms with E-state index in [1.807, 2.05) is 6.92 Å². The maximum absolute atomic E-state index is 11.8. The van der Waals surface area contributed by atoms with Crippen LogP contribution in [-0.2, 0) is 20.7 Å². The van der Waals surface area contributed by atoms with E-state index < -0.39 is 10.1 Å². The zero-order valence-electron chi connectivity index (χ0n) is 10.6. The lowest BCUT2D eigenvalue weighted by Crippen LogP contribution is -2.07. The van der Waals surface area contributed by atoms with Crippen LogP contribution in [0, 0.1) is 0 Å². The molecule has 1 rings (SSSR count). The second kappa shape index (κ2) is 7.51. The Morgan fingerprint density at radius 3 is 2.33 bits per heavy atom. The lowest BCUT2D eigenvalue weighted by atomic mass is 10.2.